The third-order valence-corrected chi connectivity index (χ3v) is 8.15. The number of anilines is 1. The van der Waals surface area contributed by atoms with Gasteiger partial charge in [0.05, 0.1) is 16.7 Å². The van der Waals surface area contributed by atoms with Crippen molar-refractivity contribution >= 4 is 33.4 Å². The van der Waals surface area contributed by atoms with Gasteiger partial charge in [-0.05, 0) is 49.9 Å². The minimum Gasteiger partial charge on any atom is -0.325 e. The number of carbonyl (C=O) groups excluding carboxylic acids is 3. The number of benzene rings is 1. The summed E-state index contributed by atoms with van der Waals surface area (Å²) in [5.74, 6) is -1.82. The number of sulfonamides is 1. The van der Waals surface area contributed by atoms with Gasteiger partial charge in [0.15, 0.2) is 0 Å². The van der Waals surface area contributed by atoms with E-state index in [1.165, 1.54) is 28.6 Å². The Morgan fingerprint density at radius 1 is 0.903 bits per heavy atom. The Morgan fingerprint density at radius 3 is 2.00 bits per heavy atom. The molecular formula is C22H27N3O5S. The molecular weight excluding hydrogens is 418 g/mol. The number of rotatable bonds is 5. The summed E-state index contributed by atoms with van der Waals surface area (Å²) in [6.07, 6.45) is 8.65. The largest absolute Gasteiger partial charge is 0.325 e. The van der Waals surface area contributed by atoms with Gasteiger partial charge >= 0.3 is 0 Å². The lowest BCUT2D eigenvalue weighted by Gasteiger charge is -2.20. The van der Waals surface area contributed by atoms with Crippen molar-refractivity contribution in [3.63, 3.8) is 0 Å². The van der Waals surface area contributed by atoms with E-state index in [0.717, 1.165) is 30.6 Å². The van der Waals surface area contributed by atoms with Crippen LogP contribution in [0.2, 0.25) is 0 Å². The summed E-state index contributed by atoms with van der Waals surface area (Å²) in [4.78, 5) is 38.6. The first-order chi connectivity index (χ1) is 14.9. The van der Waals surface area contributed by atoms with Crippen LogP contribution in [0, 0.1) is 11.8 Å². The van der Waals surface area contributed by atoms with Crippen molar-refractivity contribution in [3.05, 3.63) is 36.4 Å². The first-order valence-corrected chi connectivity index (χ1v) is 12.2. The van der Waals surface area contributed by atoms with Crippen molar-refractivity contribution in [1.29, 1.82) is 0 Å². The summed E-state index contributed by atoms with van der Waals surface area (Å²) in [6.45, 7) is 0.713. The molecule has 31 heavy (non-hydrogen) atoms. The van der Waals surface area contributed by atoms with Crippen LogP contribution < -0.4 is 5.32 Å². The second-order valence-corrected chi connectivity index (χ2v) is 10.2. The van der Waals surface area contributed by atoms with Crippen LogP contribution >= 0.6 is 0 Å². The van der Waals surface area contributed by atoms with Gasteiger partial charge in [-0.2, -0.15) is 4.31 Å². The Labute approximate surface area is 182 Å². The molecule has 9 heteroatoms. The lowest BCUT2D eigenvalue weighted by atomic mass is 9.85. The molecule has 3 aliphatic rings. The van der Waals surface area contributed by atoms with E-state index in [-0.39, 0.29) is 35.1 Å². The van der Waals surface area contributed by atoms with Crippen LogP contribution in [-0.2, 0) is 24.4 Å². The molecule has 1 N–H and O–H groups in total. The number of hydrogen-bond acceptors (Lipinski definition) is 5. The average Bonchev–Trinajstić information content (AvgIpc) is 2.96. The van der Waals surface area contributed by atoms with E-state index in [1.807, 2.05) is 12.2 Å². The van der Waals surface area contributed by atoms with Crippen molar-refractivity contribution in [3.8, 4) is 0 Å². The van der Waals surface area contributed by atoms with Gasteiger partial charge in [0.2, 0.25) is 27.7 Å². The van der Waals surface area contributed by atoms with Gasteiger partial charge in [-0.1, -0.05) is 25.0 Å². The minimum absolute atomic E-state index is 0.189. The maximum Gasteiger partial charge on any atom is 0.244 e. The molecule has 3 amide bonds. The van der Waals surface area contributed by atoms with Gasteiger partial charge in [-0.15, -0.1) is 0 Å². The number of nitrogens with one attached hydrogen (secondary N) is 1. The van der Waals surface area contributed by atoms with Gasteiger partial charge in [0, 0.05) is 18.8 Å². The van der Waals surface area contributed by atoms with Crippen molar-refractivity contribution in [1.82, 2.24) is 9.21 Å². The predicted octanol–water partition coefficient (Wildman–Crippen LogP) is 2.14. The van der Waals surface area contributed by atoms with Crippen molar-refractivity contribution in [2.75, 3.05) is 25.0 Å². The fourth-order valence-electron chi connectivity index (χ4n) is 4.51. The molecule has 2 saturated heterocycles. The van der Waals surface area contributed by atoms with Crippen LogP contribution in [0.15, 0.2) is 41.3 Å². The zero-order valence-corrected chi connectivity index (χ0v) is 18.1. The van der Waals surface area contributed by atoms with E-state index in [0.29, 0.717) is 31.6 Å². The van der Waals surface area contributed by atoms with Gasteiger partial charge < -0.3 is 5.32 Å². The molecule has 0 saturated carbocycles. The van der Waals surface area contributed by atoms with Crippen LogP contribution in [-0.4, -0.2) is 55.0 Å². The molecule has 0 radical (unpaired) electrons. The van der Waals surface area contributed by atoms with Gasteiger partial charge in [-0.3, -0.25) is 19.3 Å². The summed E-state index contributed by atoms with van der Waals surface area (Å²) in [5, 5.41) is 2.65. The Morgan fingerprint density at radius 2 is 1.45 bits per heavy atom. The zero-order valence-electron chi connectivity index (χ0n) is 17.3. The fourth-order valence-corrected chi connectivity index (χ4v) is 6.03. The Balaban J connectivity index is 1.38. The lowest BCUT2D eigenvalue weighted by Crippen LogP contribution is -2.38. The molecule has 0 unspecified atom stereocenters. The van der Waals surface area contributed by atoms with Gasteiger partial charge in [-0.25, -0.2) is 8.42 Å². The number of hydrogen-bond donors (Lipinski definition) is 1. The molecule has 0 bridgehead atoms. The van der Waals surface area contributed by atoms with Crippen LogP contribution in [0.25, 0.3) is 0 Å². The summed E-state index contributed by atoms with van der Waals surface area (Å²) in [6, 6.07) is 6.00. The Kier molecular flexibility index (Phi) is 6.24. The number of amides is 3. The molecule has 1 aromatic carbocycles. The van der Waals surface area contributed by atoms with E-state index in [1.54, 1.807) is 0 Å². The number of carbonyl (C=O) groups is 3. The van der Waals surface area contributed by atoms with Crippen LogP contribution in [0.4, 0.5) is 5.69 Å². The number of likely N-dealkylation sites (tertiary alicyclic amines) is 1. The van der Waals surface area contributed by atoms with E-state index in [2.05, 4.69) is 5.32 Å². The first kappa shape index (κ1) is 21.7. The Hall–Kier alpha value is -2.52. The van der Waals surface area contributed by atoms with Crippen LogP contribution in [0.3, 0.4) is 0 Å². The van der Waals surface area contributed by atoms with E-state index in [9.17, 15) is 22.8 Å². The average molecular weight is 446 g/mol. The third-order valence-electron chi connectivity index (χ3n) is 6.24. The second kappa shape index (κ2) is 8.92. The van der Waals surface area contributed by atoms with Crippen LogP contribution in [0.1, 0.15) is 38.5 Å². The smallest absolute Gasteiger partial charge is 0.244 e. The quantitative estimate of drug-likeness (QED) is 0.552. The molecule has 0 aromatic heterocycles. The third kappa shape index (κ3) is 4.43. The molecule has 2 heterocycles. The number of fused-ring (bicyclic) bond motifs is 1. The first-order valence-electron chi connectivity index (χ1n) is 10.8. The van der Waals surface area contributed by atoms with Crippen molar-refractivity contribution in [2.24, 2.45) is 11.8 Å². The predicted molar refractivity (Wildman–Crippen MR) is 114 cm³/mol. The minimum atomic E-state index is -3.56. The monoisotopic (exact) mass is 445 g/mol. The molecule has 1 aliphatic carbocycles. The van der Waals surface area contributed by atoms with Gasteiger partial charge in [0.25, 0.3) is 0 Å². The SMILES string of the molecule is O=C(CN1C(=O)[C@H]2CC=CC[C@H]2C1=O)Nc1ccc(S(=O)(=O)N2CCCCCC2)cc1. The molecule has 0 spiro atoms. The number of nitrogens with zero attached hydrogens (tertiary/aromatic N) is 2. The fraction of sp³-hybridized carbons (Fsp3) is 0.500. The summed E-state index contributed by atoms with van der Waals surface area (Å²) < 4.78 is 27.2. The van der Waals surface area contributed by atoms with E-state index >= 15 is 0 Å². The molecule has 166 valence electrons. The van der Waals surface area contributed by atoms with Crippen LogP contribution in [0.5, 0.6) is 0 Å². The number of allylic oxidation sites excluding steroid dienone is 2. The van der Waals surface area contributed by atoms with E-state index in [4.69, 9.17) is 0 Å². The molecule has 2 aliphatic heterocycles. The van der Waals surface area contributed by atoms with Gasteiger partial charge in [0.1, 0.15) is 6.54 Å². The van der Waals surface area contributed by atoms with Crippen molar-refractivity contribution in [2.45, 2.75) is 43.4 Å². The maximum atomic E-state index is 12.9. The molecule has 4 rings (SSSR count). The normalized spacial score (nSPS) is 24.7. The number of imide groups is 1. The zero-order chi connectivity index (χ0) is 22.0. The highest BCUT2D eigenvalue weighted by Crippen LogP contribution is 2.34. The summed E-state index contributed by atoms with van der Waals surface area (Å²) in [5.41, 5.74) is 0.415. The molecule has 8 nitrogen and oxygen atoms in total. The lowest BCUT2D eigenvalue weighted by molar-refractivity contribution is -0.142. The highest BCUT2D eigenvalue weighted by molar-refractivity contribution is 7.89. The molecule has 1 aromatic rings. The summed E-state index contributed by atoms with van der Waals surface area (Å²) in [7, 11) is -3.56. The molecule has 2 atom stereocenters. The second-order valence-electron chi connectivity index (χ2n) is 8.31. The highest BCUT2D eigenvalue weighted by atomic mass is 32.2. The molecule has 2 fully saturated rings. The summed E-state index contributed by atoms with van der Waals surface area (Å²) >= 11 is 0. The standard InChI is InChI=1S/C22H27N3O5S/c26-20(15-25-21(27)18-7-3-4-8-19(18)22(25)28)23-16-9-11-17(12-10-16)31(29,30)24-13-5-1-2-6-14-24/h3-4,9-12,18-19H,1-2,5-8,13-15H2,(H,23,26)/t18-,19+. The van der Waals surface area contributed by atoms with Crippen molar-refractivity contribution < 1.29 is 22.8 Å². The topological polar surface area (TPSA) is 104 Å². The Bertz CT molecular complexity index is 968. The maximum absolute atomic E-state index is 12.9. The van der Waals surface area contributed by atoms with E-state index < -0.39 is 15.9 Å². The highest BCUT2D eigenvalue weighted by Gasteiger charge is 2.47.